The minimum Gasteiger partial charge on any atom is -0.477 e. The summed E-state index contributed by atoms with van der Waals surface area (Å²) in [4.78, 5) is 23.3. The molecule has 0 aliphatic heterocycles. The van der Waals surface area contributed by atoms with Gasteiger partial charge in [-0.15, -0.1) is 11.3 Å². The Hall–Kier alpha value is -2.18. The summed E-state index contributed by atoms with van der Waals surface area (Å²) in [6.07, 6.45) is 0.917. The molecule has 120 valence electrons. The molecule has 1 aromatic heterocycles. The molecule has 1 aromatic carbocycles. The van der Waals surface area contributed by atoms with E-state index in [1.165, 1.54) is 6.07 Å². The van der Waals surface area contributed by atoms with Crippen molar-refractivity contribution in [3.05, 3.63) is 57.3 Å². The van der Waals surface area contributed by atoms with Crippen LogP contribution < -0.4 is 5.32 Å². The van der Waals surface area contributed by atoms with E-state index >= 15 is 0 Å². The van der Waals surface area contributed by atoms with Crippen LogP contribution in [0.4, 0.5) is 0 Å². The Labute approximate surface area is 137 Å². The topological polar surface area (TPSA) is 86.6 Å². The largest absolute Gasteiger partial charge is 0.477 e. The van der Waals surface area contributed by atoms with Crippen LogP contribution in [0.2, 0.25) is 0 Å². The molecule has 0 saturated heterocycles. The maximum absolute atomic E-state index is 12.3. The van der Waals surface area contributed by atoms with Gasteiger partial charge >= 0.3 is 5.97 Å². The molecule has 3 N–H and O–H groups in total. The molecule has 1 heterocycles. The molecule has 2 aromatic rings. The lowest BCUT2D eigenvalue weighted by Gasteiger charge is -2.31. The third-order valence-electron chi connectivity index (χ3n) is 4.03. The standard InChI is InChI=1S/C17H17NO4S/c19-13-6-5-11-3-1-2-4-12(11)16(13)18-15(20)8-10-7-14(17(21)22)23-9-10/h1-4,7,9,13,16,19H,5-6,8H2,(H,18,20)(H,21,22)/t13-,16+/m1/s1. The van der Waals surface area contributed by atoms with Crippen LogP contribution in [0.25, 0.3) is 0 Å². The number of carbonyl (C=O) groups is 2. The number of carboxylic acid groups (broad SMARTS) is 1. The molecule has 1 aliphatic carbocycles. The molecule has 0 radical (unpaired) electrons. The predicted octanol–water partition coefficient (Wildman–Crippen LogP) is 2.15. The first-order valence-corrected chi connectivity index (χ1v) is 8.28. The van der Waals surface area contributed by atoms with Crippen molar-refractivity contribution in [3.63, 3.8) is 0 Å². The van der Waals surface area contributed by atoms with Crippen molar-refractivity contribution in [3.8, 4) is 0 Å². The molecule has 0 fully saturated rings. The number of fused-ring (bicyclic) bond motifs is 1. The molecule has 23 heavy (non-hydrogen) atoms. The van der Waals surface area contributed by atoms with Crippen molar-refractivity contribution in [2.24, 2.45) is 0 Å². The summed E-state index contributed by atoms with van der Waals surface area (Å²) in [7, 11) is 0. The zero-order valence-corrected chi connectivity index (χ0v) is 13.2. The lowest BCUT2D eigenvalue weighted by molar-refractivity contribution is -0.122. The van der Waals surface area contributed by atoms with Crippen molar-refractivity contribution >= 4 is 23.2 Å². The van der Waals surface area contributed by atoms with Crippen molar-refractivity contribution in [1.29, 1.82) is 0 Å². The molecule has 0 saturated carbocycles. The highest BCUT2D eigenvalue weighted by Gasteiger charge is 2.29. The number of carbonyl (C=O) groups excluding carboxylic acids is 1. The fourth-order valence-corrected chi connectivity index (χ4v) is 3.66. The lowest BCUT2D eigenvalue weighted by atomic mass is 9.85. The summed E-state index contributed by atoms with van der Waals surface area (Å²) in [5.74, 6) is -1.21. The molecule has 5 nitrogen and oxygen atoms in total. The number of thiophene rings is 1. The molecule has 1 aliphatic rings. The minimum atomic E-state index is -0.988. The third kappa shape index (κ3) is 3.43. The molecule has 2 atom stereocenters. The van der Waals surface area contributed by atoms with Gasteiger partial charge in [-0.25, -0.2) is 4.79 Å². The number of hydrogen-bond donors (Lipinski definition) is 3. The van der Waals surface area contributed by atoms with E-state index in [4.69, 9.17) is 5.11 Å². The zero-order valence-electron chi connectivity index (χ0n) is 12.4. The molecule has 1 amide bonds. The fraction of sp³-hybridized carbons (Fsp3) is 0.294. The number of amides is 1. The summed E-state index contributed by atoms with van der Waals surface area (Å²) in [6.45, 7) is 0. The Bertz CT molecular complexity index is 740. The highest BCUT2D eigenvalue weighted by atomic mass is 32.1. The second-order valence-corrected chi connectivity index (χ2v) is 6.56. The summed E-state index contributed by atoms with van der Waals surface area (Å²) in [5.41, 5.74) is 2.77. The fourth-order valence-electron chi connectivity index (χ4n) is 2.91. The van der Waals surface area contributed by atoms with Crippen LogP contribution in [-0.2, 0) is 17.6 Å². The number of aliphatic hydroxyl groups is 1. The molecule has 0 unspecified atom stereocenters. The smallest absolute Gasteiger partial charge is 0.345 e. The Morgan fingerprint density at radius 2 is 2.09 bits per heavy atom. The number of aliphatic hydroxyl groups excluding tert-OH is 1. The Morgan fingerprint density at radius 1 is 1.30 bits per heavy atom. The second kappa shape index (κ2) is 6.52. The molecule has 0 bridgehead atoms. The van der Waals surface area contributed by atoms with E-state index in [1.54, 1.807) is 5.38 Å². The number of aryl methyl sites for hydroxylation is 1. The van der Waals surface area contributed by atoms with E-state index in [1.807, 2.05) is 24.3 Å². The van der Waals surface area contributed by atoms with E-state index in [0.717, 1.165) is 28.9 Å². The minimum absolute atomic E-state index is 0.106. The van der Waals surface area contributed by atoms with Crippen LogP contribution in [0, 0.1) is 0 Å². The van der Waals surface area contributed by atoms with Crippen molar-refractivity contribution in [2.45, 2.75) is 31.4 Å². The molecule has 6 heteroatoms. The second-order valence-electron chi connectivity index (χ2n) is 5.65. The normalized spacial score (nSPS) is 19.9. The average molecular weight is 331 g/mol. The van der Waals surface area contributed by atoms with Gasteiger partial charge in [0.15, 0.2) is 0 Å². The van der Waals surface area contributed by atoms with Crippen LogP contribution in [0.5, 0.6) is 0 Å². The first kappa shape index (κ1) is 15.7. The number of carboxylic acids is 1. The average Bonchev–Trinajstić information content (AvgIpc) is 2.99. The van der Waals surface area contributed by atoms with Gasteiger partial charge in [0, 0.05) is 0 Å². The predicted molar refractivity (Wildman–Crippen MR) is 86.6 cm³/mol. The number of benzene rings is 1. The van der Waals surface area contributed by atoms with Gasteiger partial charge in [0.2, 0.25) is 5.91 Å². The van der Waals surface area contributed by atoms with Crippen LogP contribution in [0.1, 0.15) is 38.8 Å². The zero-order chi connectivity index (χ0) is 16.4. The van der Waals surface area contributed by atoms with E-state index in [0.29, 0.717) is 12.0 Å². The quantitative estimate of drug-likeness (QED) is 0.801. The SMILES string of the molecule is O=C(Cc1csc(C(=O)O)c1)N[C@H]1c2ccccc2CC[C@H]1O. The Morgan fingerprint density at radius 3 is 2.83 bits per heavy atom. The van der Waals surface area contributed by atoms with Gasteiger partial charge < -0.3 is 15.5 Å². The van der Waals surface area contributed by atoms with Gasteiger partial charge in [0.1, 0.15) is 4.88 Å². The van der Waals surface area contributed by atoms with Crippen molar-refractivity contribution in [2.75, 3.05) is 0 Å². The third-order valence-corrected chi connectivity index (χ3v) is 5.00. The van der Waals surface area contributed by atoms with Crippen LogP contribution in [0.15, 0.2) is 35.7 Å². The van der Waals surface area contributed by atoms with Crippen molar-refractivity contribution in [1.82, 2.24) is 5.32 Å². The summed E-state index contributed by atoms with van der Waals surface area (Å²) in [5, 5.41) is 23.7. The van der Waals surface area contributed by atoms with Gasteiger partial charge in [-0.2, -0.15) is 0 Å². The number of aromatic carboxylic acids is 1. The first-order valence-electron chi connectivity index (χ1n) is 7.40. The number of rotatable bonds is 4. The molecule has 0 spiro atoms. The van der Waals surface area contributed by atoms with Gasteiger partial charge in [-0.05, 0) is 41.0 Å². The van der Waals surface area contributed by atoms with Crippen molar-refractivity contribution < 1.29 is 19.8 Å². The lowest BCUT2D eigenvalue weighted by Crippen LogP contribution is -2.39. The Kier molecular flexibility index (Phi) is 4.45. The molecular weight excluding hydrogens is 314 g/mol. The van der Waals surface area contributed by atoms with Crippen LogP contribution in [-0.4, -0.2) is 28.2 Å². The monoisotopic (exact) mass is 331 g/mol. The number of nitrogens with one attached hydrogen (secondary N) is 1. The van der Waals surface area contributed by atoms with E-state index in [-0.39, 0.29) is 17.2 Å². The van der Waals surface area contributed by atoms with Gasteiger partial charge in [0.25, 0.3) is 0 Å². The Balaban J connectivity index is 1.71. The maximum atomic E-state index is 12.3. The van der Waals surface area contributed by atoms with Gasteiger partial charge in [-0.3, -0.25) is 4.79 Å². The van der Waals surface area contributed by atoms with E-state index in [9.17, 15) is 14.7 Å². The highest BCUT2D eigenvalue weighted by Crippen LogP contribution is 2.30. The van der Waals surface area contributed by atoms with E-state index in [2.05, 4.69) is 5.32 Å². The number of hydrogen-bond acceptors (Lipinski definition) is 4. The summed E-state index contributed by atoms with van der Waals surface area (Å²) in [6, 6.07) is 8.89. The first-order chi connectivity index (χ1) is 11.0. The van der Waals surface area contributed by atoms with Gasteiger partial charge in [0.05, 0.1) is 18.6 Å². The maximum Gasteiger partial charge on any atom is 0.345 e. The molecular formula is C17H17NO4S. The summed E-state index contributed by atoms with van der Waals surface area (Å²) < 4.78 is 0. The molecule has 3 rings (SSSR count). The van der Waals surface area contributed by atoms with Crippen LogP contribution in [0.3, 0.4) is 0 Å². The van der Waals surface area contributed by atoms with Crippen LogP contribution >= 0.6 is 11.3 Å². The van der Waals surface area contributed by atoms with Gasteiger partial charge in [-0.1, -0.05) is 24.3 Å². The highest BCUT2D eigenvalue weighted by molar-refractivity contribution is 7.12. The van der Waals surface area contributed by atoms with E-state index < -0.39 is 18.1 Å². The summed E-state index contributed by atoms with van der Waals surface area (Å²) >= 11 is 1.11.